The number of hydrogen-bond acceptors (Lipinski definition) is 5. The quantitative estimate of drug-likeness (QED) is 0.254. The number of aromatic hydroxyl groups is 1. The van der Waals surface area contributed by atoms with Gasteiger partial charge in [-0.1, -0.05) is 12.1 Å². The summed E-state index contributed by atoms with van der Waals surface area (Å²) in [6.45, 7) is 2.62. The highest BCUT2D eigenvalue weighted by molar-refractivity contribution is 7.12. The maximum Gasteiger partial charge on any atom is 0.256 e. The van der Waals surface area contributed by atoms with Gasteiger partial charge in [-0.15, -0.1) is 11.3 Å². The Morgan fingerprint density at radius 1 is 1.20 bits per heavy atom. The summed E-state index contributed by atoms with van der Waals surface area (Å²) in [5.74, 6) is -0.282. The first-order valence-electron chi connectivity index (χ1n) is 11.3. The van der Waals surface area contributed by atoms with E-state index in [2.05, 4.69) is 15.3 Å². The molecule has 2 amide bonds. The molecule has 0 bridgehead atoms. The van der Waals surface area contributed by atoms with Gasteiger partial charge in [-0.25, -0.2) is 4.99 Å². The average Bonchev–Trinajstić information content (AvgIpc) is 3.54. The number of rotatable bonds is 5. The van der Waals surface area contributed by atoms with Crippen molar-refractivity contribution in [3.05, 3.63) is 87.2 Å². The van der Waals surface area contributed by atoms with E-state index in [-0.39, 0.29) is 17.2 Å². The van der Waals surface area contributed by atoms with Crippen molar-refractivity contribution in [1.29, 1.82) is 0 Å². The SMILES string of the molecule is CC(/N=C(\N)c1cccs1)NC(=O)c1cc2c(cc1O)CN(C(=O)c1ccc3cc[nH]c3c1)CC2. The molecule has 5 N–H and O–H groups in total. The van der Waals surface area contributed by atoms with Crippen molar-refractivity contribution in [2.45, 2.75) is 26.1 Å². The van der Waals surface area contributed by atoms with E-state index in [0.29, 0.717) is 30.9 Å². The molecule has 0 radical (unpaired) electrons. The molecule has 1 unspecified atom stereocenters. The normalized spacial score (nSPS) is 14.5. The molecule has 0 saturated carbocycles. The summed E-state index contributed by atoms with van der Waals surface area (Å²) in [7, 11) is 0. The van der Waals surface area contributed by atoms with Crippen LogP contribution in [0.25, 0.3) is 10.9 Å². The van der Waals surface area contributed by atoms with Gasteiger partial charge >= 0.3 is 0 Å². The first-order chi connectivity index (χ1) is 16.9. The fourth-order valence-corrected chi connectivity index (χ4v) is 4.95. The third kappa shape index (κ3) is 4.63. The first kappa shape index (κ1) is 22.7. The molecule has 0 fully saturated rings. The summed E-state index contributed by atoms with van der Waals surface area (Å²) < 4.78 is 0. The van der Waals surface area contributed by atoms with Crippen LogP contribution in [0.2, 0.25) is 0 Å². The molecular weight excluding hydrogens is 462 g/mol. The van der Waals surface area contributed by atoms with Crippen LogP contribution < -0.4 is 11.1 Å². The van der Waals surface area contributed by atoms with Crippen LogP contribution in [0.3, 0.4) is 0 Å². The molecule has 35 heavy (non-hydrogen) atoms. The van der Waals surface area contributed by atoms with Crippen molar-refractivity contribution in [2.75, 3.05) is 6.54 Å². The van der Waals surface area contributed by atoms with Gasteiger partial charge in [0.1, 0.15) is 17.8 Å². The largest absolute Gasteiger partial charge is 0.507 e. The van der Waals surface area contributed by atoms with Crippen LogP contribution in [0, 0.1) is 0 Å². The highest BCUT2D eigenvalue weighted by Crippen LogP contribution is 2.28. The lowest BCUT2D eigenvalue weighted by Crippen LogP contribution is -2.36. The lowest BCUT2D eigenvalue weighted by atomic mass is 9.95. The molecule has 1 atom stereocenters. The number of carbonyl (C=O) groups is 2. The number of aliphatic imine (C=N–C) groups is 1. The molecule has 0 spiro atoms. The van der Waals surface area contributed by atoms with Crippen molar-refractivity contribution in [3.8, 4) is 5.75 Å². The lowest BCUT2D eigenvalue weighted by Gasteiger charge is -2.29. The molecule has 9 heteroatoms. The van der Waals surface area contributed by atoms with Crippen LogP contribution in [0.1, 0.15) is 43.6 Å². The van der Waals surface area contributed by atoms with Crippen LogP contribution in [0.4, 0.5) is 0 Å². The summed E-state index contributed by atoms with van der Waals surface area (Å²) in [6.07, 6.45) is 1.87. The summed E-state index contributed by atoms with van der Waals surface area (Å²) in [5, 5.41) is 16.3. The van der Waals surface area contributed by atoms with Gasteiger partial charge in [-0.3, -0.25) is 9.59 Å². The minimum atomic E-state index is -0.565. The lowest BCUT2D eigenvalue weighted by molar-refractivity contribution is 0.0733. The molecule has 1 aliphatic heterocycles. The second kappa shape index (κ2) is 9.27. The number of benzene rings is 2. The predicted octanol–water partition coefficient (Wildman–Crippen LogP) is 3.61. The van der Waals surface area contributed by atoms with E-state index in [1.807, 2.05) is 48.0 Å². The monoisotopic (exact) mass is 487 g/mol. The number of nitrogens with two attached hydrogens (primary N) is 1. The number of amidine groups is 1. The Balaban J connectivity index is 1.29. The Morgan fingerprint density at radius 2 is 2.06 bits per heavy atom. The Labute approximate surface area is 206 Å². The van der Waals surface area contributed by atoms with Crippen molar-refractivity contribution < 1.29 is 14.7 Å². The summed E-state index contributed by atoms with van der Waals surface area (Å²) in [4.78, 5) is 36.0. The van der Waals surface area contributed by atoms with Crippen LogP contribution in [0.15, 0.2) is 65.1 Å². The molecule has 2 aromatic carbocycles. The number of amides is 2. The zero-order valence-electron chi connectivity index (χ0n) is 19.1. The van der Waals surface area contributed by atoms with Crippen molar-refractivity contribution >= 4 is 39.9 Å². The van der Waals surface area contributed by atoms with Gasteiger partial charge in [0, 0.05) is 30.4 Å². The molecule has 178 valence electrons. The van der Waals surface area contributed by atoms with E-state index in [1.54, 1.807) is 24.0 Å². The molecule has 8 nitrogen and oxygen atoms in total. The fraction of sp³-hybridized carbons (Fsp3) is 0.192. The number of aromatic nitrogens is 1. The van der Waals surface area contributed by atoms with Crippen molar-refractivity contribution in [2.24, 2.45) is 10.7 Å². The van der Waals surface area contributed by atoms with E-state index < -0.39 is 12.1 Å². The number of phenols is 1. The van der Waals surface area contributed by atoms with E-state index in [0.717, 1.165) is 26.9 Å². The van der Waals surface area contributed by atoms with E-state index >= 15 is 0 Å². The minimum Gasteiger partial charge on any atom is -0.507 e. The zero-order chi connectivity index (χ0) is 24.5. The van der Waals surface area contributed by atoms with Crippen LogP contribution in [-0.2, 0) is 13.0 Å². The highest BCUT2D eigenvalue weighted by Gasteiger charge is 2.25. The van der Waals surface area contributed by atoms with Gasteiger partial charge in [0.15, 0.2) is 0 Å². The van der Waals surface area contributed by atoms with Gasteiger partial charge in [-0.2, -0.15) is 0 Å². The molecule has 3 heterocycles. The maximum atomic E-state index is 13.1. The van der Waals surface area contributed by atoms with Crippen LogP contribution in [0.5, 0.6) is 5.75 Å². The molecule has 1 aliphatic rings. The zero-order valence-corrected chi connectivity index (χ0v) is 19.9. The Bertz CT molecular complexity index is 1440. The predicted molar refractivity (Wildman–Crippen MR) is 137 cm³/mol. The Hall–Kier alpha value is -4.11. The van der Waals surface area contributed by atoms with Gasteiger partial charge in [0.05, 0.1) is 10.4 Å². The standard InChI is InChI=1S/C26H25N5O3S/c1-15(29-24(27)23-3-2-10-35-23)30-25(33)20-11-17-7-9-31(14-19(17)13-22(20)32)26(34)18-5-4-16-6-8-28-21(16)12-18/h2-6,8,10-13,15,28,32H,7,9,14H2,1H3,(H2,27,29)(H,30,33). The second-order valence-corrected chi connectivity index (χ2v) is 9.48. The summed E-state index contributed by atoms with van der Waals surface area (Å²) in [6, 6.07) is 14.6. The average molecular weight is 488 g/mol. The first-order valence-corrected chi connectivity index (χ1v) is 12.2. The molecule has 4 aromatic rings. The number of phenolic OH excluding ortho intramolecular Hbond substituents is 1. The van der Waals surface area contributed by atoms with E-state index in [9.17, 15) is 14.7 Å². The minimum absolute atomic E-state index is 0.0662. The van der Waals surface area contributed by atoms with E-state index in [1.165, 1.54) is 11.3 Å². The number of thiophene rings is 1. The van der Waals surface area contributed by atoms with E-state index in [4.69, 9.17) is 5.73 Å². The fourth-order valence-electron chi connectivity index (χ4n) is 4.31. The third-order valence-corrected chi connectivity index (χ3v) is 7.00. The number of aromatic amines is 1. The number of nitrogens with zero attached hydrogens (tertiary/aromatic N) is 2. The number of nitrogens with one attached hydrogen (secondary N) is 2. The topological polar surface area (TPSA) is 124 Å². The molecule has 0 saturated heterocycles. The molecule has 2 aromatic heterocycles. The maximum absolute atomic E-state index is 13.1. The summed E-state index contributed by atoms with van der Waals surface area (Å²) >= 11 is 1.47. The Morgan fingerprint density at radius 3 is 2.86 bits per heavy atom. The number of fused-ring (bicyclic) bond motifs is 2. The number of H-pyrrole nitrogens is 1. The third-order valence-electron chi connectivity index (χ3n) is 6.11. The van der Waals surface area contributed by atoms with Crippen molar-refractivity contribution in [3.63, 3.8) is 0 Å². The smallest absolute Gasteiger partial charge is 0.256 e. The van der Waals surface area contributed by atoms with Crippen molar-refractivity contribution in [1.82, 2.24) is 15.2 Å². The number of hydrogen-bond donors (Lipinski definition) is 4. The molecule has 5 rings (SSSR count). The van der Waals surface area contributed by atoms with Crippen LogP contribution in [-0.4, -0.2) is 45.4 Å². The van der Waals surface area contributed by atoms with Gasteiger partial charge in [0.25, 0.3) is 11.8 Å². The molecule has 0 aliphatic carbocycles. The Kier molecular flexibility index (Phi) is 6.00. The van der Waals surface area contributed by atoms with Gasteiger partial charge < -0.3 is 26.0 Å². The van der Waals surface area contributed by atoms with Gasteiger partial charge in [-0.05, 0) is 71.6 Å². The van der Waals surface area contributed by atoms with Crippen LogP contribution >= 0.6 is 11.3 Å². The summed E-state index contributed by atoms with van der Waals surface area (Å²) in [5.41, 5.74) is 9.47. The van der Waals surface area contributed by atoms with Gasteiger partial charge in [0.2, 0.25) is 0 Å². The highest BCUT2D eigenvalue weighted by atomic mass is 32.1. The second-order valence-electron chi connectivity index (χ2n) is 8.54. The molecular formula is C26H25N5O3S. The number of carbonyl (C=O) groups excluding carboxylic acids is 2.